The molecule has 9 nitrogen and oxygen atoms in total. The van der Waals surface area contributed by atoms with E-state index in [1.165, 1.54) is 0 Å². The fourth-order valence-corrected chi connectivity index (χ4v) is 3.91. The Bertz CT molecular complexity index is 926. The van der Waals surface area contributed by atoms with E-state index < -0.39 is 6.09 Å². The van der Waals surface area contributed by atoms with Crippen molar-refractivity contribution in [1.29, 1.82) is 0 Å². The molecular formula is C22H31N5O4. The summed E-state index contributed by atoms with van der Waals surface area (Å²) in [6.07, 6.45) is 3.53. The Kier molecular flexibility index (Phi) is 7.29. The summed E-state index contributed by atoms with van der Waals surface area (Å²) in [5.41, 5.74) is 3.37. The molecule has 0 fully saturated rings. The summed E-state index contributed by atoms with van der Waals surface area (Å²) in [7, 11) is 0. The number of anilines is 1. The number of hydrogen-bond acceptors (Lipinski definition) is 6. The maximum atomic E-state index is 12.3. The highest BCUT2D eigenvalue weighted by Crippen LogP contribution is 2.38. The van der Waals surface area contributed by atoms with Crippen molar-refractivity contribution in [2.45, 2.75) is 58.8 Å². The van der Waals surface area contributed by atoms with Crippen LogP contribution in [0.1, 0.15) is 51.4 Å². The van der Waals surface area contributed by atoms with Crippen molar-refractivity contribution in [3.63, 3.8) is 0 Å². The van der Waals surface area contributed by atoms with E-state index in [1.807, 2.05) is 35.9 Å². The zero-order chi connectivity index (χ0) is 22.5. The minimum Gasteiger partial charge on any atom is -0.447 e. The molecule has 3 N–H and O–H groups in total. The Morgan fingerprint density at radius 3 is 2.81 bits per heavy atom. The average Bonchev–Trinajstić information content (AvgIpc) is 3.16. The molecule has 1 aliphatic rings. The highest BCUT2D eigenvalue weighted by molar-refractivity contribution is 5.94. The summed E-state index contributed by atoms with van der Waals surface area (Å²) in [5, 5.41) is 15.0. The molecule has 9 heteroatoms. The quantitative estimate of drug-likeness (QED) is 0.583. The molecule has 2 heterocycles. The maximum Gasteiger partial charge on any atom is 0.407 e. The van der Waals surface area contributed by atoms with Crippen molar-refractivity contribution in [1.82, 2.24) is 20.2 Å². The van der Waals surface area contributed by atoms with Gasteiger partial charge in [-0.05, 0) is 45.4 Å². The van der Waals surface area contributed by atoms with Gasteiger partial charge in [0.2, 0.25) is 5.91 Å². The zero-order valence-corrected chi connectivity index (χ0v) is 18.5. The number of carbonyl (C=O) groups is 2. The fraction of sp³-hybridized carbons (Fsp3) is 0.500. The Morgan fingerprint density at radius 2 is 2.13 bits per heavy atom. The van der Waals surface area contributed by atoms with Crippen LogP contribution >= 0.6 is 0 Å². The molecule has 1 aromatic heterocycles. The van der Waals surface area contributed by atoms with Gasteiger partial charge in [-0.2, -0.15) is 0 Å². The number of amides is 2. The Labute approximate surface area is 182 Å². The van der Waals surface area contributed by atoms with E-state index in [0.29, 0.717) is 19.5 Å². The lowest BCUT2D eigenvalue weighted by Gasteiger charge is -2.39. The SMILES string of the molecule is CC(=O)N1c2ccc(-n3cnc(CNCCO)c3)cc2[C@@H](NC(=O)OC(C)C)C[C@H]1C. The molecular weight excluding hydrogens is 398 g/mol. The van der Waals surface area contributed by atoms with Gasteiger partial charge in [0.15, 0.2) is 0 Å². The number of carbonyl (C=O) groups excluding carboxylic acids is 2. The molecule has 0 radical (unpaired) electrons. The number of nitrogens with one attached hydrogen (secondary N) is 2. The van der Waals surface area contributed by atoms with Crippen LogP contribution in [0.15, 0.2) is 30.7 Å². The van der Waals surface area contributed by atoms with Crippen molar-refractivity contribution >= 4 is 17.7 Å². The van der Waals surface area contributed by atoms with Gasteiger partial charge >= 0.3 is 6.09 Å². The Morgan fingerprint density at radius 1 is 1.35 bits per heavy atom. The molecule has 2 aromatic rings. The van der Waals surface area contributed by atoms with E-state index in [1.54, 1.807) is 32.0 Å². The lowest BCUT2D eigenvalue weighted by molar-refractivity contribution is -0.117. The van der Waals surface area contributed by atoms with Crippen molar-refractivity contribution in [3.05, 3.63) is 42.0 Å². The van der Waals surface area contributed by atoms with Gasteiger partial charge < -0.3 is 29.9 Å². The van der Waals surface area contributed by atoms with Crippen molar-refractivity contribution < 1.29 is 19.4 Å². The summed E-state index contributed by atoms with van der Waals surface area (Å²) in [4.78, 5) is 30.8. The van der Waals surface area contributed by atoms with Gasteiger partial charge in [0, 0.05) is 49.2 Å². The number of alkyl carbamates (subject to hydrolysis) is 1. The van der Waals surface area contributed by atoms with Crippen LogP contribution in [0.2, 0.25) is 0 Å². The number of hydrogen-bond donors (Lipinski definition) is 3. The number of rotatable bonds is 7. The summed E-state index contributed by atoms with van der Waals surface area (Å²) < 4.78 is 7.17. The summed E-state index contributed by atoms with van der Waals surface area (Å²) in [6.45, 7) is 8.27. The number of aromatic nitrogens is 2. The number of nitrogens with zero attached hydrogens (tertiary/aromatic N) is 3. The average molecular weight is 430 g/mol. The minimum atomic E-state index is -0.472. The van der Waals surface area contributed by atoms with Crippen LogP contribution in [0.3, 0.4) is 0 Å². The first-order chi connectivity index (χ1) is 14.8. The third kappa shape index (κ3) is 5.42. The van der Waals surface area contributed by atoms with Crippen LogP contribution < -0.4 is 15.5 Å². The number of ether oxygens (including phenoxy) is 1. The highest BCUT2D eigenvalue weighted by atomic mass is 16.6. The molecule has 31 heavy (non-hydrogen) atoms. The number of imidazole rings is 1. The second kappa shape index (κ2) is 9.93. The van der Waals surface area contributed by atoms with Gasteiger partial charge in [0.1, 0.15) is 0 Å². The highest BCUT2D eigenvalue weighted by Gasteiger charge is 2.33. The Hall–Kier alpha value is -2.91. The van der Waals surface area contributed by atoms with Gasteiger partial charge in [0.25, 0.3) is 0 Å². The third-order valence-corrected chi connectivity index (χ3v) is 5.17. The number of fused-ring (bicyclic) bond motifs is 1. The molecule has 0 spiro atoms. The second-order valence-electron chi connectivity index (χ2n) is 8.04. The standard InChI is InChI=1S/C22H31N5O4/c1-14(2)31-22(30)25-20-9-15(3)27(16(4)29)21-6-5-18(10-19(20)21)26-12-17(24-13-26)11-23-7-8-28/h5-6,10,12-15,20,23,28H,7-9,11H2,1-4H3,(H,25,30)/t15-,20+/m1/s1. The predicted molar refractivity (Wildman–Crippen MR) is 117 cm³/mol. The normalized spacial score (nSPS) is 18.1. The first-order valence-electron chi connectivity index (χ1n) is 10.6. The van der Waals surface area contributed by atoms with Gasteiger partial charge in [-0.15, -0.1) is 0 Å². The van der Waals surface area contributed by atoms with E-state index >= 15 is 0 Å². The number of benzene rings is 1. The molecule has 168 valence electrons. The van der Waals surface area contributed by atoms with E-state index in [9.17, 15) is 9.59 Å². The number of aliphatic hydroxyl groups excluding tert-OH is 1. The van der Waals surface area contributed by atoms with Crippen molar-refractivity contribution in [3.8, 4) is 5.69 Å². The van der Waals surface area contributed by atoms with Crippen LogP contribution in [-0.4, -0.2) is 52.0 Å². The summed E-state index contributed by atoms with van der Waals surface area (Å²) in [5.74, 6) is -0.0374. The van der Waals surface area contributed by atoms with Crippen LogP contribution in [0, 0.1) is 0 Å². The van der Waals surface area contributed by atoms with Gasteiger partial charge in [-0.3, -0.25) is 4.79 Å². The van der Waals surface area contributed by atoms with Gasteiger partial charge in [-0.1, -0.05) is 0 Å². The van der Waals surface area contributed by atoms with Crippen LogP contribution in [0.5, 0.6) is 0 Å². The van der Waals surface area contributed by atoms with E-state index in [2.05, 4.69) is 15.6 Å². The molecule has 1 aromatic carbocycles. The summed E-state index contributed by atoms with van der Waals surface area (Å²) in [6, 6.07) is 5.49. The summed E-state index contributed by atoms with van der Waals surface area (Å²) >= 11 is 0. The first-order valence-corrected chi connectivity index (χ1v) is 10.6. The zero-order valence-electron chi connectivity index (χ0n) is 18.5. The van der Waals surface area contributed by atoms with Crippen LogP contribution in [-0.2, 0) is 16.1 Å². The van der Waals surface area contributed by atoms with E-state index in [-0.39, 0.29) is 30.7 Å². The second-order valence-corrected chi connectivity index (χ2v) is 8.04. The molecule has 0 unspecified atom stereocenters. The lowest BCUT2D eigenvalue weighted by Crippen LogP contribution is -2.45. The molecule has 0 saturated carbocycles. The van der Waals surface area contributed by atoms with Gasteiger partial charge in [-0.25, -0.2) is 9.78 Å². The maximum absolute atomic E-state index is 12.3. The van der Waals surface area contributed by atoms with Crippen LogP contribution in [0.4, 0.5) is 10.5 Å². The van der Waals surface area contributed by atoms with E-state index in [0.717, 1.165) is 22.6 Å². The number of aliphatic hydroxyl groups is 1. The smallest absolute Gasteiger partial charge is 0.407 e. The molecule has 2 amide bonds. The first kappa shape index (κ1) is 22.8. The monoisotopic (exact) mass is 429 g/mol. The molecule has 0 aliphatic carbocycles. The molecule has 0 saturated heterocycles. The molecule has 3 rings (SSSR count). The van der Waals surface area contributed by atoms with Gasteiger partial charge in [0.05, 0.1) is 30.8 Å². The largest absolute Gasteiger partial charge is 0.447 e. The topological polar surface area (TPSA) is 109 Å². The lowest BCUT2D eigenvalue weighted by atomic mass is 9.91. The fourth-order valence-electron chi connectivity index (χ4n) is 3.91. The molecule has 0 bridgehead atoms. The molecule has 1 aliphatic heterocycles. The van der Waals surface area contributed by atoms with E-state index in [4.69, 9.17) is 9.84 Å². The van der Waals surface area contributed by atoms with Crippen molar-refractivity contribution in [2.24, 2.45) is 0 Å². The van der Waals surface area contributed by atoms with Crippen LogP contribution in [0.25, 0.3) is 5.69 Å². The minimum absolute atomic E-state index is 0.0374. The predicted octanol–water partition coefficient (Wildman–Crippen LogP) is 2.28. The molecule has 2 atom stereocenters. The van der Waals surface area contributed by atoms with Crippen molar-refractivity contribution in [2.75, 3.05) is 18.1 Å². The third-order valence-electron chi connectivity index (χ3n) is 5.17. The Balaban J connectivity index is 1.91.